The third kappa shape index (κ3) is 5.55. The number of nitrogens with two attached hydrogens (primary N) is 1. The van der Waals surface area contributed by atoms with Crippen LogP contribution in [0.1, 0.15) is 30.4 Å². The van der Waals surface area contributed by atoms with Gasteiger partial charge in [-0.25, -0.2) is 0 Å². The largest absolute Gasteiger partial charge is 0.368 e. The average molecular weight is 386 g/mol. The molecule has 0 aliphatic carbocycles. The molecule has 1 fully saturated rings. The van der Waals surface area contributed by atoms with Gasteiger partial charge in [0, 0.05) is 23.7 Å². The summed E-state index contributed by atoms with van der Waals surface area (Å²) in [5, 5.41) is 3.62. The van der Waals surface area contributed by atoms with E-state index in [1.165, 1.54) is 0 Å². The second kappa shape index (κ2) is 9.02. The van der Waals surface area contributed by atoms with E-state index in [4.69, 9.17) is 17.3 Å². The molecule has 142 valence electrons. The molecule has 1 saturated heterocycles. The fraction of sp³-hybridized carbons (Fsp3) is 0.333. The molecule has 1 aliphatic rings. The molecule has 2 amide bonds. The van der Waals surface area contributed by atoms with E-state index < -0.39 is 0 Å². The average Bonchev–Trinajstić information content (AvgIpc) is 3.09. The van der Waals surface area contributed by atoms with Crippen molar-refractivity contribution < 1.29 is 9.59 Å². The van der Waals surface area contributed by atoms with E-state index in [0.717, 1.165) is 36.2 Å². The number of likely N-dealkylation sites (tertiary alicyclic amines) is 1. The van der Waals surface area contributed by atoms with Crippen LogP contribution in [0, 0.1) is 0 Å². The van der Waals surface area contributed by atoms with E-state index in [1.807, 2.05) is 48.5 Å². The van der Waals surface area contributed by atoms with Gasteiger partial charge in [0.25, 0.3) is 0 Å². The van der Waals surface area contributed by atoms with Gasteiger partial charge in [-0.2, -0.15) is 0 Å². The molecular weight excluding hydrogens is 362 g/mol. The maximum atomic E-state index is 12.3. The number of benzene rings is 2. The smallest absolute Gasteiger partial charge is 0.234 e. The first kappa shape index (κ1) is 19.4. The molecule has 6 heteroatoms. The predicted octanol–water partition coefficient (Wildman–Crippen LogP) is 3.36. The van der Waals surface area contributed by atoms with Gasteiger partial charge in [-0.1, -0.05) is 35.9 Å². The van der Waals surface area contributed by atoms with Crippen LogP contribution in [0.4, 0.5) is 5.69 Å². The maximum Gasteiger partial charge on any atom is 0.234 e. The predicted molar refractivity (Wildman–Crippen MR) is 107 cm³/mol. The fourth-order valence-corrected chi connectivity index (χ4v) is 3.71. The molecular formula is C21H24ClN3O2. The molecule has 1 unspecified atom stereocenters. The van der Waals surface area contributed by atoms with Crippen molar-refractivity contribution in [3.8, 4) is 0 Å². The highest BCUT2D eigenvalue weighted by Gasteiger charge is 2.28. The topological polar surface area (TPSA) is 75.4 Å². The number of nitrogens with one attached hydrogen (secondary N) is 1. The summed E-state index contributed by atoms with van der Waals surface area (Å²) in [5.41, 5.74) is 8.34. The van der Waals surface area contributed by atoms with Gasteiger partial charge < -0.3 is 11.1 Å². The molecule has 1 aliphatic heterocycles. The highest BCUT2D eigenvalue weighted by molar-refractivity contribution is 6.30. The highest BCUT2D eigenvalue weighted by atomic mass is 35.5. The summed E-state index contributed by atoms with van der Waals surface area (Å²) in [6.45, 7) is 1.52. The number of nitrogens with zero attached hydrogens (tertiary/aromatic N) is 1. The lowest BCUT2D eigenvalue weighted by Gasteiger charge is -2.22. The first-order valence-electron chi connectivity index (χ1n) is 9.18. The van der Waals surface area contributed by atoms with E-state index in [9.17, 15) is 9.59 Å². The Morgan fingerprint density at radius 3 is 2.70 bits per heavy atom. The Morgan fingerprint density at radius 2 is 1.93 bits per heavy atom. The SMILES string of the molecule is NC(=O)C1CCCN1Cc1cccc(NC(=O)CCc2cccc(Cl)c2)c1. The van der Waals surface area contributed by atoms with Gasteiger partial charge in [0.2, 0.25) is 11.8 Å². The van der Waals surface area contributed by atoms with Crippen LogP contribution in [0.25, 0.3) is 0 Å². The lowest BCUT2D eigenvalue weighted by atomic mass is 10.1. The minimum Gasteiger partial charge on any atom is -0.368 e. The summed E-state index contributed by atoms with van der Waals surface area (Å²) in [6.07, 6.45) is 2.82. The molecule has 1 heterocycles. The molecule has 2 aromatic carbocycles. The number of carbonyl (C=O) groups is 2. The Kier molecular flexibility index (Phi) is 6.48. The van der Waals surface area contributed by atoms with E-state index >= 15 is 0 Å². The Labute approximate surface area is 164 Å². The summed E-state index contributed by atoms with van der Waals surface area (Å²) in [7, 11) is 0. The fourth-order valence-electron chi connectivity index (χ4n) is 3.49. The third-order valence-corrected chi connectivity index (χ3v) is 5.05. The zero-order chi connectivity index (χ0) is 19.2. The highest BCUT2D eigenvalue weighted by Crippen LogP contribution is 2.21. The van der Waals surface area contributed by atoms with Crippen molar-refractivity contribution in [2.45, 2.75) is 38.3 Å². The number of halogens is 1. The van der Waals surface area contributed by atoms with E-state index in [0.29, 0.717) is 24.4 Å². The second-order valence-corrected chi connectivity index (χ2v) is 7.35. The summed E-state index contributed by atoms with van der Waals surface area (Å²) in [4.78, 5) is 25.9. The number of anilines is 1. The number of hydrogen-bond acceptors (Lipinski definition) is 3. The number of aryl methyl sites for hydroxylation is 1. The first-order valence-corrected chi connectivity index (χ1v) is 9.55. The maximum absolute atomic E-state index is 12.3. The Hall–Kier alpha value is -2.37. The van der Waals surface area contributed by atoms with E-state index in [2.05, 4.69) is 10.2 Å². The Bertz CT molecular complexity index is 825. The minimum atomic E-state index is -0.266. The molecule has 5 nitrogen and oxygen atoms in total. The van der Waals surface area contributed by atoms with Crippen molar-refractivity contribution >= 4 is 29.1 Å². The van der Waals surface area contributed by atoms with E-state index in [1.54, 1.807) is 0 Å². The van der Waals surface area contributed by atoms with Crippen LogP contribution in [0.15, 0.2) is 48.5 Å². The van der Waals surface area contributed by atoms with Gasteiger partial charge >= 0.3 is 0 Å². The zero-order valence-corrected chi connectivity index (χ0v) is 15.9. The molecule has 0 spiro atoms. The van der Waals surface area contributed by atoms with Gasteiger partial charge in [-0.15, -0.1) is 0 Å². The minimum absolute atomic E-state index is 0.0386. The quantitative estimate of drug-likeness (QED) is 0.767. The van der Waals surface area contributed by atoms with Crippen LogP contribution >= 0.6 is 11.6 Å². The van der Waals surface area contributed by atoms with Gasteiger partial charge in [0.15, 0.2) is 0 Å². The van der Waals surface area contributed by atoms with Crippen LogP contribution in [0.3, 0.4) is 0 Å². The van der Waals surface area contributed by atoms with Gasteiger partial charge in [0.1, 0.15) is 0 Å². The third-order valence-electron chi connectivity index (χ3n) is 4.82. The Morgan fingerprint density at radius 1 is 1.15 bits per heavy atom. The van der Waals surface area contributed by atoms with Crippen molar-refractivity contribution in [1.82, 2.24) is 4.90 Å². The monoisotopic (exact) mass is 385 g/mol. The zero-order valence-electron chi connectivity index (χ0n) is 15.2. The molecule has 0 aromatic heterocycles. The molecule has 2 aromatic rings. The van der Waals surface area contributed by atoms with Crippen molar-refractivity contribution in [1.29, 1.82) is 0 Å². The lowest BCUT2D eigenvalue weighted by molar-refractivity contribution is -0.122. The van der Waals surface area contributed by atoms with Crippen LogP contribution < -0.4 is 11.1 Å². The molecule has 3 N–H and O–H groups in total. The summed E-state index contributed by atoms with van der Waals surface area (Å²) >= 11 is 5.97. The number of amides is 2. The van der Waals surface area contributed by atoms with Crippen LogP contribution in [-0.2, 0) is 22.6 Å². The van der Waals surface area contributed by atoms with Crippen molar-refractivity contribution in [2.24, 2.45) is 5.73 Å². The van der Waals surface area contributed by atoms with Crippen LogP contribution in [-0.4, -0.2) is 29.3 Å². The second-order valence-electron chi connectivity index (χ2n) is 6.91. The molecule has 0 bridgehead atoms. The standard InChI is InChI=1S/C21H24ClN3O2/c22-17-6-1-4-15(12-17)9-10-20(26)24-18-7-2-5-16(13-18)14-25-11-3-8-19(25)21(23)27/h1-2,4-7,12-13,19H,3,8-11,14H2,(H2,23,27)(H,24,26). The summed E-state index contributed by atoms with van der Waals surface area (Å²) in [6, 6.07) is 15.1. The summed E-state index contributed by atoms with van der Waals surface area (Å²) in [5.74, 6) is -0.304. The summed E-state index contributed by atoms with van der Waals surface area (Å²) < 4.78 is 0. The lowest BCUT2D eigenvalue weighted by Crippen LogP contribution is -2.39. The van der Waals surface area contributed by atoms with Crippen LogP contribution in [0.2, 0.25) is 5.02 Å². The van der Waals surface area contributed by atoms with Gasteiger partial charge in [-0.05, 0) is 61.2 Å². The molecule has 0 radical (unpaired) electrons. The van der Waals surface area contributed by atoms with Crippen molar-refractivity contribution in [3.05, 3.63) is 64.7 Å². The van der Waals surface area contributed by atoms with Crippen molar-refractivity contribution in [3.63, 3.8) is 0 Å². The van der Waals surface area contributed by atoms with E-state index in [-0.39, 0.29) is 17.9 Å². The first-order chi connectivity index (χ1) is 13.0. The molecule has 0 saturated carbocycles. The Balaban J connectivity index is 1.55. The molecule has 3 rings (SSSR count). The van der Waals surface area contributed by atoms with Crippen LogP contribution in [0.5, 0.6) is 0 Å². The van der Waals surface area contributed by atoms with Gasteiger partial charge in [0.05, 0.1) is 6.04 Å². The van der Waals surface area contributed by atoms with Crippen molar-refractivity contribution in [2.75, 3.05) is 11.9 Å². The number of hydrogen-bond donors (Lipinski definition) is 2. The molecule has 27 heavy (non-hydrogen) atoms. The molecule has 1 atom stereocenters. The number of primary amides is 1. The number of rotatable bonds is 7. The normalized spacial score (nSPS) is 17.0. The van der Waals surface area contributed by atoms with Gasteiger partial charge in [-0.3, -0.25) is 14.5 Å². The number of carbonyl (C=O) groups excluding carboxylic acids is 2.